The molecule has 3 rings (SSSR count). The summed E-state index contributed by atoms with van der Waals surface area (Å²) in [6.07, 6.45) is 1.46. The van der Waals surface area contributed by atoms with Crippen molar-refractivity contribution in [2.75, 3.05) is 20.6 Å². The summed E-state index contributed by atoms with van der Waals surface area (Å²) < 4.78 is 6.03. The molecule has 0 aromatic heterocycles. The first-order chi connectivity index (χ1) is 14.5. The predicted octanol–water partition coefficient (Wildman–Crippen LogP) is 5.71. The first-order valence-electron chi connectivity index (χ1n) is 10.7. The minimum atomic E-state index is -0.938. The molecule has 0 aliphatic rings. The minimum Gasteiger partial charge on any atom is -0.489 e. The predicted molar refractivity (Wildman–Crippen MR) is 131 cm³/mol. The fraction of sp³-hybridized carbons (Fsp3) is 0.333. The molecule has 3 aromatic rings. The molecule has 2 atom stereocenters. The summed E-state index contributed by atoms with van der Waals surface area (Å²) in [5.74, 6) is 0.843. The van der Waals surface area contributed by atoms with Crippen LogP contribution in [0.4, 0.5) is 0 Å². The molecule has 0 aliphatic heterocycles. The monoisotopic (exact) mass is 439 g/mol. The normalized spacial score (nSPS) is 13.8. The summed E-state index contributed by atoms with van der Waals surface area (Å²) in [4.78, 5) is 2.16. The summed E-state index contributed by atoms with van der Waals surface area (Å²) >= 11 is 0. The number of nitrogens with zero attached hydrogens (tertiary/aromatic N) is 1. The van der Waals surface area contributed by atoms with E-state index in [4.69, 9.17) is 4.74 Å². The number of hydrogen-bond acceptors (Lipinski definition) is 3. The second-order valence-corrected chi connectivity index (χ2v) is 8.23. The zero-order valence-electron chi connectivity index (χ0n) is 18.7. The Morgan fingerprint density at radius 1 is 0.871 bits per heavy atom. The van der Waals surface area contributed by atoms with Gasteiger partial charge in [-0.3, -0.25) is 0 Å². The van der Waals surface area contributed by atoms with Crippen molar-refractivity contribution in [3.05, 3.63) is 102 Å². The van der Waals surface area contributed by atoms with Gasteiger partial charge in [0.15, 0.2) is 0 Å². The summed E-state index contributed by atoms with van der Waals surface area (Å²) in [6, 6.07) is 28.5. The molecule has 0 spiro atoms. The maximum absolute atomic E-state index is 11.9. The van der Waals surface area contributed by atoms with Crippen LogP contribution in [0.2, 0.25) is 0 Å². The van der Waals surface area contributed by atoms with Gasteiger partial charge in [0.1, 0.15) is 12.4 Å². The zero-order chi connectivity index (χ0) is 21.4. The Balaban J connectivity index is 0.00000341. The molecule has 0 saturated carbocycles. The average molecular weight is 440 g/mol. The van der Waals surface area contributed by atoms with Crippen molar-refractivity contribution in [1.29, 1.82) is 0 Å². The van der Waals surface area contributed by atoms with Crippen LogP contribution in [0.15, 0.2) is 84.9 Å². The van der Waals surface area contributed by atoms with Crippen LogP contribution in [0, 0.1) is 5.92 Å². The van der Waals surface area contributed by atoms with E-state index in [-0.39, 0.29) is 18.3 Å². The van der Waals surface area contributed by atoms with Crippen LogP contribution in [0.3, 0.4) is 0 Å². The van der Waals surface area contributed by atoms with Crippen molar-refractivity contribution in [2.24, 2.45) is 5.92 Å². The van der Waals surface area contributed by atoms with Crippen LogP contribution in [0.25, 0.3) is 0 Å². The van der Waals surface area contributed by atoms with Gasteiger partial charge in [-0.15, -0.1) is 12.4 Å². The lowest BCUT2D eigenvalue weighted by Gasteiger charge is -2.38. The highest BCUT2D eigenvalue weighted by Crippen LogP contribution is 2.37. The maximum atomic E-state index is 11.9. The number of benzene rings is 3. The third-order valence-corrected chi connectivity index (χ3v) is 5.71. The number of aliphatic hydroxyl groups is 1. The second-order valence-electron chi connectivity index (χ2n) is 8.23. The van der Waals surface area contributed by atoms with Crippen molar-refractivity contribution in [1.82, 2.24) is 4.90 Å². The van der Waals surface area contributed by atoms with E-state index in [0.717, 1.165) is 29.8 Å². The molecule has 0 heterocycles. The second kappa shape index (κ2) is 11.9. The molecule has 3 nitrogen and oxygen atoms in total. The lowest BCUT2D eigenvalue weighted by molar-refractivity contribution is -0.0367. The fourth-order valence-corrected chi connectivity index (χ4v) is 4.05. The summed E-state index contributed by atoms with van der Waals surface area (Å²) in [5.41, 5.74) is 2.35. The molecule has 0 radical (unpaired) electrons. The van der Waals surface area contributed by atoms with Crippen molar-refractivity contribution in [3.63, 3.8) is 0 Å². The molecule has 166 valence electrons. The van der Waals surface area contributed by atoms with Crippen molar-refractivity contribution < 1.29 is 9.84 Å². The van der Waals surface area contributed by atoms with Crippen LogP contribution >= 0.6 is 12.4 Å². The van der Waals surface area contributed by atoms with E-state index in [1.165, 1.54) is 5.56 Å². The third kappa shape index (κ3) is 6.83. The van der Waals surface area contributed by atoms with E-state index in [2.05, 4.69) is 62.3 Å². The highest BCUT2D eigenvalue weighted by Gasteiger charge is 2.37. The molecule has 31 heavy (non-hydrogen) atoms. The maximum Gasteiger partial charge on any atom is 0.120 e. The van der Waals surface area contributed by atoms with Crippen LogP contribution in [-0.2, 0) is 18.6 Å². The number of halogens is 1. The van der Waals surface area contributed by atoms with Crippen molar-refractivity contribution in [2.45, 2.75) is 32.0 Å². The molecule has 4 heteroatoms. The summed E-state index contributed by atoms with van der Waals surface area (Å²) in [6.45, 7) is 3.37. The van der Waals surface area contributed by atoms with Gasteiger partial charge in [-0.05, 0) is 55.8 Å². The Kier molecular flexibility index (Phi) is 9.57. The standard InChI is InChI=1S/C27H33NO2.ClH/c1-4-27(29,25(20-28(2)3)18-22-12-7-5-8-13-22)24-16-11-17-26(19-24)30-21-23-14-9-6-10-15-23;/h5-17,19,25,29H,4,18,20-21H2,1-3H3;1H. The molecular formula is C27H34ClNO2. The number of rotatable bonds is 10. The largest absolute Gasteiger partial charge is 0.489 e. The average Bonchev–Trinajstić information content (AvgIpc) is 2.78. The van der Waals surface area contributed by atoms with E-state index in [1.807, 2.05) is 48.5 Å². The highest BCUT2D eigenvalue weighted by atomic mass is 35.5. The third-order valence-electron chi connectivity index (χ3n) is 5.71. The summed E-state index contributed by atoms with van der Waals surface area (Å²) in [5, 5.41) is 11.9. The molecular weight excluding hydrogens is 406 g/mol. The van der Waals surface area contributed by atoms with Crippen molar-refractivity contribution in [3.8, 4) is 5.75 Å². The van der Waals surface area contributed by atoms with Gasteiger partial charge >= 0.3 is 0 Å². The van der Waals surface area contributed by atoms with Gasteiger partial charge in [0.05, 0.1) is 5.60 Å². The van der Waals surface area contributed by atoms with E-state index < -0.39 is 5.60 Å². The van der Waals surface area contributed by atoms with E-state index >= 15 is 0 Å². The molecule has 0 bridgehead atoms. The highest BCUT2D eigenvalue weighted by molar-refractivity contribution is 5.85. The quantitative estimate of drug-likeness (QED) is 0.439. The van der Waals surface area contributed by atoms with Crippen LogP contribution in [0.1, 0.15) is 30.0 Å². The molecule has 0 amide bonds. The molecule has 0 aliphatic carbocycles. The lowest BCUT2D eigenvalue weighted by atomic mass is 9.76. The van der Waals surface area contributed by atoms with Gasteiger partial charge in [0.25, 0.3) is 0 Å². The van der Waals surface area contributed by atoms with E-state index in [9.17, 15) is 5.11 Å². The SMILES string of the molecule is CCC(O)(c1cccc(OCc2ccccc2)c1)C(Cc1ccccc1)CN(C)C.Cl. The van der Waals surface area contributed by atoms with Gasteiger partial charge in [-0.25, -0.2) is 0 Å². The van der Waals surface area contributed by atoms with Gasteiger partial charge in [0, 0.05) is 12.5 Å². The Labute approximate surface area is 193 Å². The van der Waals surface area contributed by atoms with Crippen LogP contribution in [0.5, 0.6) is 5.75 Å². The molecule has 0 fully saturated rings. The molecule has 2 unspecified atom stereocenters. The van der Waals surface area contributed by atoms with E-state index in [0.29, 0.717) is 13.0 Å². The molecule has 3 aromatic carbocycles. The van der Waals surface area contributed by atoms with Crippen molar-refractivity contribution >= 4 is 12.4 Å². The smallest absolute Gasteiger partial charge is 0.120 e. The lowest BCUT2D eigenvalue weighted by Crippen LogP contribution is -2.41. The van der Waals surface area contributed by atoms with E-state index in [1.54, 1.807) is 0 Å². The Morgan fingerprint density at radius 3 is 2.06 bits per heavy atom. The van der Waals surface area contributed by atoms with Gasteiger partial charge in [-0.1, -0.05) is 79.7 Å². The fourth-order valence-electron chi connectivity index (χ4n) is 4.05. The zero-order valence-corrected chi connectivity index (χ0v) is 19.5. The summed E-state index contributed by atoms with van der Waals surface area (Å²) in [7, 11) is 4.13. The first-order valence-corrected chi connectivity index (χ1v) is 10.7. The number of ether oxygens (including phenoxy) is 1. The van der Waals surface area contributed by atoms with Crippen LogP contribution in [-0.4, -0.2) is 30.6 Å². The topological polar surface area (TPSA) is 32.7 Å². The van der Waals surface area contributed by atoms with Gasteiger partial charge in [0.2, 0.25) is 0 Å². The van der Waals surface area contributed by atoms with Crippen LogP contribution < -0.4 is 4.74 Å². The minimum absolute atomic E-state index is 0. The molecule has 1 N–H and O–H groups in total. The number of hydrogen-bond donors (Lipinski definition) is 1. The Morgan fingerprint density at radius 2 is 1.48 bits per heavy atom. The Hall–Kier alpha value is -2.33. The first kappa shape index (κ1) is 24.9. The van der Waals surface area contributed by atoms with Gasteiger partial charge < -0.3 is 14.7 Å². The van der Waals surface area contributed by atoms with Gasteiger partial charge in [-0.2, -0.15) is 0 Å². The molecule has 0 saturated heterocycles. The Bertz CT molecular complexity index is 901.